The minimum Gasteiger partial charge on any atom is -0.507 e. The van der Waals surface area contributed by atoms with E-state index in [1.807, 2.05) is 88.3 Å². The molecule has 0 spiro atoms. The molecule has 1 unspecified atom stereocenters. The van der Waals surface area contributed by atoms with E-state index in [0.717, 1.165) is 16.8 Å². The van der Waals surface area contributed by atoms with Crippen molar-refractivity contribution in [1.29, 1.82) is 0 Å². The Morgan fingerprint density at radius 3 is 2.06 bits per heavy atom. The molecule has 3 aromatic carbocycles. The van der Waals surface area contributed by atoms with Gasteiger partial charge in [0.2, 0.25) is 0 Å². The summed E-state index contributed by atoms with van der Waals surface area (Å²) in [7, 11) is 3.89. The normalized spacial score (nSPS) is 17.2. The lowest BCUT2D eigenvalue weighted by Gasteiger charge is -2.26. The van der Waals surface area contributed by atoms with Crippen molar-refractivity contribution in [2.75, 3.05) is 23.9 Å². The summed E-state index contributed by atoms with van der Waals surface area (Å²) in [6.07, 6.45) is 0.0133. The molecule has 4 rings (SSSR count). The van der Waals surface area contributed by atoms with Gasteiger partial charge in [-0.25, -0.2) is 0 Å². The number of rotatable bonds is 6. The quantitative estimate of drug-likeness (QED) is 0.294. The third-order valence-electron chi connectivity index (χ3n) is 5.98. The maximum Gasteiger partial charge on any atom is 0.300 e. The lowest BCUT2D eigenvalue weighted by Crippen LogP contribution is -2.29. The summed E-state index contributed by atoms with van der Waals surface area (Å²) in [6.45, 7) is 5.83. The molecule has 180 valence electrons. The molecule has 1 aliphatic heterocycles. The predicted molar refractivity (Wildman–Crippen MR) is 139 cm³/mol. The summed E-state index contributed by atoms with van der Waals surface area (Å²) < 4.78 is 5.69. The smallest absolute Gasteiger partial charge is 0.300 e. The molecule has 35 heavy (non-hydrogen) atoms. The Morgan fingerprint density at radius 2 is 1.51 bits per heavy atom. The highest BCUT2D eigenvalue weighted by Gasteiger charge is 2.46. The van der Waals surface area contributed by atoms with Crippen molar-refractivity contribution in [2.24, 2.45) is 0 Å². The Bertz CT molecular complexity index is 1260. The number of ether oxygens (including phenoxy) is 1. The maximum absolute atomic E-state index is 13.3. The molecule has 0 radical (unpaired) electrons. The van der Waals surface area contributed by atoms with E-state index in [0.29, 0.717) is 17.0 Å². The number of aliphatic hydroxyl groups excluding tert-OH is 1. The van der Waals surface area contributed by atoms with E-state index in [1.165, 1.54) is 4.90 Å². The van der Waals surface area contributed by atoms with Gasteiger partial charge in [0.25, 0.3) is 11.7 Å². The van der Waals surface area contributed by atoms with Gasteiger partial charge in [0.15, 0.2) is 0 Å². The molecular formula is C29H30N2O4. The first-order valence-corrected chi connectivity index (χ1v) is 11.6. The molecule has 1 N–H and O–H groups in total. The molecule has 0 saturated carbocycles. The molecule has 3 aromatic rings. The van der Waals surface area contributed by atoms with Crippen LogP contribution in [-0.4, -0.2) is 37.0 Å². The van der Waals surface area contributed by atoms with Crippen LogP contribution in [0.5, 0.6) is 5.75 Å². The average molecular weight is 471 g/mol. The average Bonchev–Trinajstić information content (AvgIpc) is 3.10. The van der Waals surface area contributed by atoms with Gasteiger partial charge in [0.05, 0.1) is 17.7 Å². The van der Waals surface area contributed by atoms with Crippen LogP contribution in [0.2, 0.25) is 0 Å². The first-order valence-electron chi connectivity index (χ1n) is 11.6. The molecule has 1 amide bonds. The largest absolute Gasteiger partial charge is 0.507 e. The molecule has 6 heteroatoms. The van der Waals surface area contributed by atoms with Gasteiger partial charge in [0.1, 0.15) is 11.5 Å². The number of carbonyl (C=O) groups is 2. The van der Waals surface area contributed by atoms with Crippen LogP contribution in [0.1, 0.15) is 36.6 Å². The minimum absolute atomic E-state index is 0.0133. The third kappa shape index (κ3) is 4.78. The fourth-order valence-corrected chi connectivity index (χ4v) is 4.19. The molecule has 1 atom stereocenters. The van der Waals surface area contributed by atoms with E-state index in [9.17, 15) is 14.7 Å². The maximum atomic E-state index is 13.3. The number of benzene rings is 3. The van der Waals surface area contributed by atoms with Crippen LogP contribution >= 0.6 is 0 Å². The highest BCUT2D eigenvalue weighted by atomic mass is 16.5. The number of carbonyl (C=O) groups excluding carboxylic acids is 2. The van der Waals surface area contributed by atoms with Crippen LogP contribution in [-0.2, 0) is 9.59 Å². The lowest BCUT2D eigenvalue weighted by molar-refractivity contribution is -0.132. The van der Waals surface area contributed by atoms with E-state index in [-0.39, 0.29) is 17.4 Å². The van der Waals surface area contributed by atoms with Gasteiger partial charge >= 0.3 is 0 Å². The van der Waals surface area contributed by atoms with Gasteiger partial charge < -0.3 is 14.7 Å². The van der Waals surface area contributed by atoms with Crippen LogP contribution in [0.15, 0.2) is 78.4 Å². The van der Waals surface area contributed by atoms with Crippen molar-refractivity contribution in [3.8, 4) is 5.75 Å². The van der Waals surface area contributed by atoms with Crippen molar-refractivity contribution < 1.29 is 19.4 Å². The zero-order valence-corrected chi connectivity index (χ0v) is 20.6. The Balaban J connectivity index is 1.85. The Kier molecular flexibility index (Phi) is 6.65. The van der Waals surface area contributed by atoms with Crippen LogP contribution in [0.4, 0.5) is 11.4 Å². The first-order chi connectivity index (χ1) is 16.7. The second-order valence-electron chi connectivity index (χ2n) is 9.18. The number of hydrogen-bond acceptors (Lipinski definition) is 5. The number of nitrogens with zero attached hydrogens (tertiary/aromatic N) is 2. The van der Waals surface area contributed by atoms with Crippen molar-refractivity contribution in [2.45, 2.75) is 32.9 Å². The summed E-state index contributed by atoms with van der Waals surface area (Å²) in [5.41, 5.74) is 3.86. The second kappa shape index (κ2) is 9.66. The van der Waals surface area contributed by atoms with Crippen LogP contribution < -0.4 is 14.5 Å². The van der Waals surface area contributed by atoms with Crippen molar-refractivity contribution in [3.63, 3.8) is 0 Å². The summed E-state index contributed by atoms with van der Waals surface area (Å²) in [6, 6.07) is 21.2. The fourth-order valence-electron chi connectivity index (χ4n) is 4.19. The molecule has 0 bridgehead atoms. The molecule has 1 heterocycles. The predicted octanol–water partition coefficient (Wildman–Crippen LogP) is 5.47. The fraction of sp³-hybridized carbons (Fsp3) is 0.241. The van der Waals surface area contributed by atoms with Crippen molar-refractivity contribution in [1.82, 2.24) is 0 Å². The van der Waals surface area contributed by atoms with Gasteiger partial charge in [-0.1, -0.05) is 29.8 Å². The highest BCUT2D eigenvalue weighted by Crippen LogP contribution is 2.42. The van der Waals surface area contributed by atoms with Crippen molar-refractivity contribution >= 4 is 28.8 Å². The van der Waals surface area contributed by atoms with E-state index in [2.05, 4.69) is 0 Å². The van der Waals surface area contributed by atoms with Gasteiger partial charge in [-0.2, -0.15) is 0 Å². The number of ketones is 1. The summed E-state index contributed by atoms with van der Waals surface area (Å²) in [5.74, 6) is -0.938. The number of hydrogen-bond donors (Lipinski definition) is 1. The third-order valence-corrected chi connectivity index (χ3v) is 5.98. The van der Waals surface area contributed by atoms with E-state index >= 15 is 0 Å². The Labute approximate surface area is 206 Å². The minimum atomic E-state index is -0.763. The van der Waals surface area contributed by atoms with Gasteiger partial charge in [-0.15, -0.1) is 0 Å². The number of aliphatic hydroxyl groups is 1. The Hall–Kier alpha value is -4.06. The number of aryl methyl sites for hydroxylation is 1. The zero-order valence-electron chi connectivity index (χ0n) is 20.6. The molecular weight excluding hydrogens is 440 g/mol. The van der Waals surface area contributed by atoms with E-state index in [4.69, 9.17) is 4.74 Å². The standard InChI is InChI=1S/C29H30N2O4/c1-18(2)35-24-16-10-21(11-17-24)27(32)25-26(20-8-14-22(15-9-20)30(4)5)31(29(34)28(25)33)23-12-6-19(3)7-13-23/h6-18,26,32H,1-5H3/b27-25-. The van der Waals surface area contributed by atoms with Gasteiger partial charge in [-0.05, 0) is 74.9 Å². The monoisotopic (exact) mass is 470 g/mol. The van der Waals surface area contributed by atoms with Gasteiger partial charge in [0, 0.05) is 31.0 Å². The van der Waals surface area contributed by atoms with E-state index < -0.39 is 17.7 Å². The SMILES string of the molecule is Cc1ccc(N2C(=O)C(=O)/C(=C(\O)c3ccc(OC(C)C)cc3)C2c2ccc(N(C)C)cc2)cc1. The Morgan fingerprint density at radius 1 is 0.914 bits per heavy atom. The summed E-state index contributed by atoms with van der Waals surface area (Å²) >= 11 is 0. The number of Topliss-reactive ketones (excluding diaryl/α,β-unsaturated/α-hetero) is 1. The van der Waals surface area contributed by atoms with Gasteiger partial charge in [-0.3, -0.25) is 14.5 Å². The van der Waals surface area contributed by atoms with E-state index in [1.54, 1.807) is 24.3 Å². The zero-order chi connectivity index (χ0) is 25.3. The summed E-state index contributed by atoms with van der Waals surface area (Å²) in [4.78, 5) is 30.0. The number of amides is 1. The molecule has 6 nitrogen and oxygen atoms in total. The summed E-state index contributed by atoms with van der Waals surface area (Å²) in [5, 5.41) is 11.3. The number of anilines is 2. The topological polar surface area (TPSA) is 70.1 Å². The van der Waals surface area contributed by atoms with Crippen LogP contribution in [0.3, 0.4) is 0 Å². The molecule has 1 aliphatic rings. The first kappa shape index (κ1) is 24.1. The molecule has 0 aliphatic carbocycles. The molecule has 1 fully saturated rings. The van der Waals surface area contributed by atoms with Crippen molar-refractivity contribution in [3.05, 3.63) is 95.1 Å². The highest BCUT2D eigenvalue weighted by molar-refractivity contribution is 6.51. The molecule has 0 aromatic heterocycles. The molecule has 1 saturated heterocycles. The second-order valence-corrected chi connectivity index (χ2v) is 9.18. The lowest BCUT2D eigenvalue weighted by atomic mass is 9.95. The van der Waals surface area contributed by atoms with Crippen LogP contribution in [0, 0.1) is 6.92 Å². The van der Waals surface area contributed by atoms with Crippen LogP contribution in [0.25, 0.3) is 5.76 Å².